The van der Waals surface area contributed by atoms with Crippen LogP contribution in [0.1, 0.15) is 47.5 Å². The highest BCUT2D eigenvalue weighted by Gasteiger charge is 2.24. The van der Waals surface area contributed by atoms with Crippen LogP contribution >= 0.6 is 11.3 Å². The molecule has 0 spiro atoms. The maximum atomic E-state index is 12.2. The Morgan fingerprint density at radius 1 is 1.19 bits per heavy atom. The molecule has 1 atom stereocenters. The Kier molecular flexibility index (Phi) is 7.01. The van der Waals surface area contributed by atoms with Crippen molar-refractivity contribution in [3.63, 3.8) is 0 Å². The Bertz CT molecular complexity index is 737. The summed E-state index contributed by atoms with van der Waals surface area (Å²) >= 11 is 1.73. The van der Waals surface area contributed by atoms with E-state index in [-0.39, 0.29) is 24.3 Å². The van der Waals surface area contributed by atoms with Crippen LogP contribution in [0.2, 0.25) is 0 Å². The van der Waals surface area contributed by atoms with Crippen molar-refractivity contribution in [3.05, 3.63) is 52.2 Å². The molecule has 144 valence electrons. The van der Waals surface area contributed by atoms with Gasteiger partial charge in [0.2, 0.25) is 0 Å². The lowest BCUT2D eigenvalue weighted by molar-refractivity contribution is -0.123. The molecule has 2 heterocycles. The summed E-state index contributed by atoms with van der Waals surface area (Å²) in [5.41, 5.74) is 0.665. The summed E-state index contributed by atoms with van der Waals surface area (Å²) in [6, 6.07) is 11.4. The zero-order valence-corrected chi connectivity index (χ0v) is 16.5. The first-order chi connectivity index (χ1) is 13.2. The van der Waals surface area contributed by atoms with Crippen LogP contribution in [0.25, 0.3) is 0 Å². The van der Waals surface area contributed by atoms with E-state index in [1.54, 1.807) is 35.6 Å². The molecule has 1 aliphatic rings. The molecule has 1 N–H and O–H groups in total. The summed E-state index contributed by atoms with van der Waals surface area (Å²) < 4.78 is 5.55. The Morgan fingerprint density at radius 2 is 1.93 bits per heavy atom. The molecule has 0 saturated carbocycles. The van der Waals surface area contributed by atoms with Gasteiger partial charge in [-0.25, -0.2) is 0 Å². The number of benzene rings is 1. The Hall–Kier alpha value is -2.18. The first-order valence-electron chi connectivity index (χ1n) is 9.47. The number of ether oxygens (including phenoxy) is 1. The molecule has 1 amide bonds. The molecule has 5 nitrogen and oxygen atoms in total. The number of hydrogen-bond acceptors (Lipinski definition) is 5. The van der Waals surface area contributed by atoms with Crippen LogP contribution in [0, 0.1) is 0 Å². The van der Waals surface area contributed by atoms with Crippen LogP contribution in [-0.4, -0.2) is 42.8 Å². The monoisotopic (exact) mass is 386 g/mol. The third-order valence-corrected chi connectivity index (χ3v) is 5.79. The maximum Gasteiger partial charge on any atom is 0.258 e. The van der Waals surface area contributed by atoms with Crippen molar-refractivity contribution in [3.8, 4) is 5.75 Å². The van der Waals surface area contributed by atoms with Crippen molar-refractivity contribution >= 4 is 23.0 Å². The Labute approximate surface area is 164 Å². The molecule has 0 aliphatic carbocycles. The van der Waals surface area contributed by atoms with Crippen LogP contribution in [0.3, 0.4) is 0 Å². The lowest BCUT2D eigenvalue weighted by Crippen LogP contribution is -2.38. The van der Waals surface area contributed by atoms with Gasteiger partial charge in [0.1, 0.15) is 5.75 Å². The van der Waals surface area contributed by atoms with Crippen molar-refractivity contribution in [2.75, 3.05) is 26.2 Å². The largest absolute Gasteiger partial charge is 0.484 e. The van der Waals surface area contributed by atoms with E-state index in [4.69, 9.17) is 4.74 Å². The summed E-state index contributed by atoms with van der Waals surface area (Å²) in [6.45, 7) is 4.56. The lowest BCUT2D eigenvalue weighted by Gasteiger charge is -2.26. The number of hydrogen-bond donors (Lipinski definition) is 1. The van der Waals surface area contributed by atoms with Crippen LogP contribution < -0.4 is 10.1 Å². The van der Waals surface area contributed by atoms with Crippen molar-refractivity contribution in [1.29, 1.82) is 0 Å². The minimum absolute atomic E-state index is 0.0295. The molecule has 1 saturated heterocycles. The van der Waals surface area contributed by atoms with Gasteiger partial charge in [-0.15, -0.1) is 11.3 Å². The first kappa shape index (κ1) is 19.6. The van der Waals surface area contributed by atoms with Crippen LogP contribution in [0.15, 0.2) is 41.8 Å². The van der Waals surface area contributed by atoms with Gasteiger partial charge >= 0.3 is 0 Å². The molecule has 1 fully saturated rings. The van der Waals surface area contributed by atoms with Gasteiger partial charge in [0, 0.05) is 23.4 Å². The molecule has 1 aromatic heterocycles. The average molecular weight is 387 g/mol. The predicted octanol–water partition coefficient (Wildman–Crippen LogP) is 3.67. The van der Waals surface area contributed by atoms with E-state index in [0.29, 0.717) is 24.3 Å². The zero-order chi connectivity index (χ0) is 19.1. The molecule has 1 aliphatic heterocycles. The van der Waals surface area contributed by atoms with E-state index in [0.717, 1.165) is 13.1 Å². The van der Waals surface area contributed by atoms with Crippen LogP contribution in [0.4, 0.5) is 0 Å². The number of amides is 1. The third kappa shape index (κ3) is 5.40. The maximum absolute atomic E-state index is 12.2. The molecular formula is C21H26N2O3S. The minimum Gasteiger partial charge on any atom is -0.484 e. The number of thiophene rings is 1. The van der Waals surface area contributed by atoms with E-state index in [2.05, 4.69) is 27.7 Å². The summed E-state index contributed by atoms with van der Waals surface area (Å²) in [6.07, 6.45) is 2.91. The highest BCUT2D eigenvalue weighted by molar-refractivity contribution is 7.10. The average Bonchev–Trinajstić information content (AvgIpc) is 3.41. The van der Waals surface area contributed by atoms with Crippen molar-refractivity contribution in [1.82, 2.24) is 10.2 Å². The van der Waals surface area contributed by atoms with Crippen LogP contribution in [0.5, 0.6) is 5.75 Å². The van der Waals surface area contributed by atoms with E-state index < -0.39 is 0 Å². The second-order valence-corrected chi connectivity index (χ2v) is 7.65. The van der Waals surface area contributed by atoms with Gasteiger partial charge in [-0.3, -0.25) is 14.5 Å². The van der Waals surface area contributed by atoms with Crippen molar-refractivity contribution in [2.45, 2.75) is 32.2 Å². The molecule has 0 radical (unpaired) electrons. The number of carbonyl (C=O) groups is 2. The van der Waals surface area contributed by atoms with Crippen molar-refractivity contribution < 1.29 is 14.3 Å². The summed E-state index contributed by atoms with van der Waals surface area (Å²) in [4.78, 5) is 27.6. The topological polar surface area (TPSA) is 58.6 Å². The lowest BCUT2D eigenvalue weighted by atomic mass is 10.1. The molecule has 1 aromatic carbocycles. The zero-order valence-electron chi connectivity index (χ0n) is 15.6. The van der Waals surface area contributed by atoms with Gasteiger partial charge < -0.3 is 10.1 Å². The summed E-state index contributed by atoms with van der Waals surface area (Å²) in [7, 11) is 0. The standard InChI is InChI=1S/C21H26N2O3S/c1-2-19(24)16-7-9-17(10-8-16)26-15-21(25)22-14-18(20-6-5-13-27-20)23-11-3-4-12-23/h5-10,13,18H,2-4,11-12,14-15H2,1H3,(H,22,25). The van der Waals surface area contributed by atoms with E-state index in [1.807, 2.05) is 6.92 Å². The van der Waals surface area contributed by atoms with Gasteiger partial charge in [-0.2, -0.15) is 0 Å². The second kappa shape index (κ2) is 9.67. The third-order valence-electron chi connectivity index (χ3n) is 4.81. The fraction of sp³-hybridized carbons (Fsp3) is 0.429. The smallest absolute Gasteiger partial charge is 0.258 e. The van der Waals surface area contributed by atoms with E-state index in [1.165, 1.54) is 17.7 Å². The Morgan fingerprint density at radius 3 is 2.56 bits per heavy atom. The highest BCUT2D eigenvalue weighted by atomic mass is 32.1. The molecular weight excluding hydrogens is 360 g/mol. The van der Waals surface area contributed by atoms with Gasteiger partial charge in [-0.1, -0.05) is 13.0 Å². The number of Topliss-reactive ketones (excluding diaryl/α,β-unsaturated/α-hetero) is 1. The molecule has 3 rings (SSSR count). The highest BCUT2D eigenvalue weighted by Crippen LogP contribution is 2.27. The predicted molar refractivity (Wildman–Crippen MR) is 107 cm³/mol. The molecule has 6 heteroatoms. The number of rotatable bonds is 9. The Balaban J connectivity index is 1.49. The fourth-order valence-corrected chi connectivity index (χ4v) is 4.16. The molecule has 0 bridgehead atoms. The number of nitrogens with one attached hydrogen (secondary N) is 1. The normalized spacial score (nSPS) is 15.4. The van der Waals surface area contributed by atoms with Crippen LogP contribution in [-0.2, 0) is 4.79 Å². The molecule has 2 aromatic rings. The van der Waals surface area contributed by atoms with Gasteiger partial charge in [-0.05, 0) is 61.6 Å². The first-order valence-corrected chi connectivity index (χ1v) is 10.4. The number of ketones is 1. The number of likely N-dealkylation sites (tertiary alicyclic amines) is 1. The number of nitrogens with zero attached hydrogens (tertiary/aromatic N) is 1. The SMILES string of the molecule is CCC(=O)c1ccc(OCC(=O)NCC(c2cccs2)N2CCCC2)cc1. The summed E-state index contributed by atoms with van der Waals surface area (Å²) in [5.74, 6) is 0.553. The van der Waals surface area contributed by atoms with Gasteiger partial charge in [0.15, 0.2) is 12.4 Å². The van der Waals surface area contributed by atoms with E-state index >= 15 is 0 Å². The van der Waals surface area contributed by atoms with E-state index in [9.17, 15) is 9.59 Å². The second-order valence-electron chi connectivity index (χ2n) is 6.67. The molecule has 27 heavy (non-hydrogen) atoms. The molecule has 1 unspecified atom stereocenters. The van der Waals surface area contributed by atoms with Gasteiger partial charge in [0.25, 0.3) is 5.91 Å². The number of carbonyl (C=O) groups excluding carboxylic acids is 2. The quantitative estimate of drug-likeness (QED) is 0.668. The minimum atomic E-state index is -0.135. The fourth-order valence-electron chi connectivity index (χ4n) is 3.30. The van der Waals surface area contributed by atoms with Gasteiger partial charge in [0.05, 0.1) is 6.04 Å². The summed E-state index contributed by atoms with van der Waals surface area (Å²) in [5, 5.41) is 5.08. The van der Waals surface area contributed by atoms with Crippen molar-refractivity contribution in [2.24, 2.45) is 0 Å².